The van der Waals surface area contributed by atoms with Gasteiger partial charge in [0.1, 0.15) is 12.4 Å². The maximum atomic E-state index is 13.3. The van der Waals surface area contributed by atoms with Gasteiger partial charge in [-0.2, -0.15) is 4.31 Å². The molecule has 0 bridgehead atoms. The molecule has 1 heterocycles. The van der Waals surface area contributed by atoms with Gasteiger partial charge in [-0.1, -0.05) is 11.6 Å². The van der Waals surface area contributed by atoms with Crippen LogP contribution in [0.2, 0.25) is 5.02 Å². The lowest BCUT2D eigenvalue weighted by atomic mass is 10.2. The molecule has 1 aliphatic rings. The number of sulfonamides is 1. The van der Waals surface area contributed by atoms with E-state index >= 15 is 0 Å². The highest BCUT2D eigenvalue weighted by molar-refractivity contribution is 7.89. The molecule has 1 fully saturated rings. The fraction of sp³-hybridized carbons (Fsp3) is 0.294. The van der Waals surface area contributed by atoms with E-state index in [-0.39, 0.29) is 15.6 Å². The zero-order chi connectivity index (χ0) is 19.6. The van der Waals surface area contributed by atoms with Crippen LogP contribution in [0.3, 0.4) is 0 Å². The third kappa shape index (κ3) is 4.44. The molecule has 0 radical (unpaired) electrons. The van der Waals surface area contributed by atoms with Crippen LogP contribution in [0.15, 0.2) is 47.4 Å². The van der Waals surface area contributed by atoms with Gasteiger partial charge in [-0.15, -0.1) is 0 Å². The Kier molecular flexibility index (Phi) is 5.75. The Hall–Kier alpha value is -2.07. The second-order valence-electron chi connectivity index (χ2n) is 6.33. The topological polar surface area (TPSA) is 85.0 Å². The van der Waals surface area contributed by atoms with Gasteiger partial charge in [-0.3, -0.25) is 10.1 Å². The van der Waals surface area contributed by atoms with E-state index in [1.54, 1.807) is 12.1 Å². The van der Waals surface area contributed by atoms with Crippen molar-refractivity contribution in [1.29, 1.82) is 0 Å². The van der Waals surface area contributed by atoms with Crippen molar-refractivity contribution in [2.75, 3.05) is 26.2 Å². The Morgan fingerprint density at radius 2 is 1.78 bits per heavy atom. The number of hydrogen-bond donors (Lipinski definition) is 1. The molecule has 1 aliphatic heterocycles. The minimum atomic E-state index is -3.72. The fourth-order valence-electron chi connectivity index (χ4n) is 3.03. The van der Waals surface area contributed by atoms with E-state index in [0.717, 1.165) is 17.7 Å². The number of piperazine rings is 1. The maximum Gasteiger partial charge on any atom is 0.269 e. The van der Waals surface area contributed by atoms with Gasteiger partial charge in [0.25, 0.3) is 5.69 Å². The monoisotopic (exact) mass is 414 g/mol. The molecule has 144 valence electrons. The molecule has 10 heteroatoms. The highest BCUT2D eigenvalue weighted by Gasteiger charge is 2.30. The van der Waals surface area contributed by atoms with Gasteiger partial charge < -0.3 is 4.90 Å². The van der Waals surface area contributed by atoms with Crippen LogP contribution in [-0.4, -0.2) is 43.8 Å². The third-order valence-electron chi connectivity index (χ3n) is 4.56. The number of hydrogen-bond acceptors (Lipinski definition) is 4. The van der Waals surface area contributed by atoms with Crippen molar-refractivity contribution < 1.29 is 22.6 Å². The molecule has 0 unspecified atom stereocenters. The van der Waals surface area contributed by atoms with Gasteiger partial charge in [0.05, 0.1) is 41.0 Å². The SMILES string of the molecule is O=[N+]([O-])c1ccc(C[NH+]2CCN(S(=O)(=O)c3ccc(F)c(Cl)c3)CC2)cc1. The van der Waals surface area contributed by atoms with Crippen molar-refractivity contribution in [3.05, 3.63) is 69.0 Å². The zero-order valence-electron chi connectivity index (χ0n) is 14.3. The Morgan fingerprint density at radius 1 is 1.15 bits per heavy atom. The minimum absolute atomic E-state index is 0.0206. The number of nitrogens with zero attached hydrogens (tertiary/aromatic N) is 2. The summed E-state index contributed by atoms with van der Waals surface area (Å²) in [4.78, 5) is 11.4. The molecule has 0 atom stereocenters. The molecule has 0 spiro atoms. The van der Waals surface area contributed by atoms with E-state index in [1.165, 1.54) is 27.4 Å². The quantitative estimate of drug-likeness (QED) is 0.593. The first-order valence-corrected chi connectivity index (χ1v) is 10.1. The average molecular weight is 415 g/mol. The summed E-state index contributed by atoms with van der Waals surface area (Å²) in [6, 6.07) is 9.76. The van der Waals surface area contributed by atoms with Crippen LogP contribution in [0.5, 0.6) is 0 Å². The van der Waals surface area contributed by atoms with Crippen molar-refractivity contribution in [3.8, 4) is 0 Å². The predicted molar refractivity (Wildman–Crippen MR) is 97.7 cm³/mol. The van der Waals surface area contributed by atoms with Crippen LogP contribution in [-0.2, 0) is 16.6 Å². The molecule has 3 rings (SSSR count). The summed E-state index contributed by atoms with van der Waals surface area (Å²) in [5, 5.41) is 10.5. The summed E-state index contributed by atoms with van der Waals surface area (Å²) in [6.07, 6.45) is 0. The van der Waals surface area contributed by atoms with Gasteiger partial charge in [-0.05, 0) is 30.3 Å². The van der Waals surface area contributed by atoms with Gasteiger partial charge in [0.15, 0.2) is 0 Å². The largest absolute Gasteiger partial charge is 0.329 e. The molecule has 1 N–H and O–H groups in total. The van der Waals surface area contributed by atoms with Crippen molar-refractivity contribution >= 4 is 27.3 Å². The van der Waals surface area contributed by atoms with Crippen LogP contribution < -0.4 is 4.90 Å². The first-order valence-electron chi connectivity index (χ1n) is 8.29. The molecule has 7 nitrogen and oxygen atoms in total. The second-order valence-corrected chi connectivity index (χ2v) is 8.68. The second kappa shape index (κ2) is 7.89. The summed E-state index contributed by atoms with van der Waals surface area (Å²) in [5.74, 6) is -0.659. The number of nitro groups is 1. The van der Waals surface area contributed by atoms with E-state index in [0.29, 0.717) is 32.7 Å². The van der Waals surface area contributed by atoms with Gasteiger partial charge >= 0.3 is 0 Å². The van der Waals surface area contributed by atoms with Crippen molar-refractivity contribution in [2.45, 2.75) is 11.4 Å². The van der Waals surface area contributed by atoms with Gasteiger partial charge in [0, 0.05) is 17.7 Å². The van der Waals surface area contributed by atoms with Gasteiger partial charge in [-0.25, -0.2) is 12.8 Å². The normalized spacial score (nSPS) is 16.4. The Labute approximate surface area is 161 Å². The summed E-state index contributed by atoms with van der Waals surface area (Å²) < 4.78 is 40.0. The highest BCUT2D eigenvalue weighted by Crippen LogP contribution is 2.22. The molecular formula is C17H18ClFN3O4S+. The van der Waals surface area contributed by atoms with Crippen LogP contribution in [0.1, 0.15) is 5.56 Å². The predicted octanol–water partition coefficient (Wildman–Crippen LogP) is 1.48. The zero-order valence-corrected chi connectivity index (χ0v) is 15.8. The first-order chi connectivity index (χ1) is 12.8. The molecule has 0 amide bonds. The third-order valence-corrected chi connectivity index (χ3v) is 6.74. The Morgan fingerprint density at radius 3 is 2.33 bits per heavy atom. The lowest BCUT2D eigenvalue weighted by molar-refractivity contribution is -0.917. The average Bonchev–Trinajstić information content (AvgIpc) is 2.65. The number of benzene rings is 2. The molecule has 2 aromatic rings. The first kappa shape index (κ1) is 19.7. The minimum Gasteiger partial charge on any atom is -0.329 e. The summed E-state index contributed by atoms with van der Waals surface area (Å²) >= 11 is 5.70. The highest BCUT2D eigenvalue weighted by atomic mass is 35.5. The molecule has 0 aliphatic carbocycles. The van der Waals surface area contributed by atoms with Crippen molar-refractivity contribution in [1.82, 2.24) is 4.31 Å². The molecule has 1 saturated heterocycles. The Balaban J connectivity index is 1.62. The maximum absolute atomic E-state index is 13.3. The van der Waals surface area contributed by atoms with Crippen LogP contribution in [0.4, 0.5) is 10.1 Å². The summed E-state index contributed by atoms with van der Waals surface area (Å²) in [5.41, 5.74) is 1.000. The number of rotatable bonds is 5. The molecule has 27 heavy (non-hydrogen) atoms. The van der Waals surface area contributed by atoms with E-state index < -0.39 is 20.8 Å². The lowest BCUT2D eigenvalue weighted by Crippen LogP contribution is -3.13. The number of non-ortho nitro benzene ring substituents is 1. The molecule has 0 saturated carbocycles. The van der Waals surface area contributed by atoms with Crippen molar-refractivity contribution in [2.24, 2.45) is 0 Å². The number of halogens is 2. The molecule has 2 aromatic carbocycles. The summed E-state index contributed by atoms with van der Waals surface area (Å²) in [7, 11) is -3.72. The van der Waals surface area contributed by atoms with Crippen LogP contribution in [0.25, 0.3) is 0 Å². The fourth-order valence-corrected chi connectivity index (χ4v) is 4.74. The van der Waals surface area contributed by atoms with Crippen LogP contribution in [0, 0.1) is 15.9 Å². The van der Waals surface area contributed by atoms with E-state index in [9.17, 15) is 22.9 Å². The van der Waals surface area contributed by atoms with Crippen LogP contribution >= 0.6 is 11.6 Å². The molecular weight excluding hydrogens is 397 g/mol. The number of nitro benzene ring substituents is 1. The lowest BCUT2D eigenvalue weighted by Gasteiger charge is -2.31. The van der Waals surface area contributed by atoms with E-state index in [1.807, 2.05) is 0 Å². The summed E-state index contributed by atoms with van der Waals surface area (Å²) in [6.45, 7) is 2.53. The standard InChI is InChI=1S/C17H17ClFN3O4S/c18-16-11-15(5-6-17(16)19)27(25,26)21-9-7-20(8-10-21)12-13-1-3-14(4-2-13)22(23)24/h1-6,11H,7-10,12H2/p+1. The smallest absolute Gasteiger partial charge is 0.269 e. The van der Waals surface area contributed by atoms with Gasteiger partial charge in [0.2, 0.25) is 10.0 Å². The van der Waals surface area contributed by atoms with E-state index in [4.69, 9.17) is 11.6 Å². The number of quaternary nitrogens is 1. The van der Waals surface area contributed by atoms with Crippen molar-refractivity contribution in [3.63, 3.8) is 0 Å². The number of nitrogens with one attached hydrogen (secondary N) is 1. The Bertz CT molecular complexity index is 945. The molecule has 0 aromatic heterocycles. The van der Waals surface area contributed by atoms with E-state index in [2.05, 4.69) is 0 Å².